The number of urea groups is 1. The van der Waals surface area contributed by atoms with Crippen LogP contribution >= 0.6 is 0 Å². The van der Waals surface area contributed by atoms with Gasteiger partial charge in [-0.2, -0.15) is 0 Å². The van der Waals surface area contributed by atoms with Crippen LogP contribution in [-0.4, -0.2) is 35.7 Å². The molecule has 0 unspecified atom stereocenters. The first-order valence-electron chi connectivity index (χ1n) is 6.01. The molecule has 0 aromatic heterocycles. The summed E-state index contributed by atoms with van der Waals surface area (Å²) < 4.78 is 0. The van der Waals surface area contributed by atoms with E-state index in [0.29, 0.717) is 13.1 Å². The van der Waals surface area contributed by atoms with Crippen LogP contribution in [0, 0.1) is 0 Å². The van der Waals surface area contributed by atoms with E-state index in [0.717, 1.165) is 5.56 Å². The second-order valence-electron chi connectivity index (χ2n) is 4.04. The molecule has 0 aliphatic heterocycles. The van der Waals surface area contributed by atoms with E-state index in [-0.39, 0.29) is 18.7 Å². The Labute approximate surface area is 108 Å². The van der Waals surface area contributed by atoms with Gasteiger partial charge in [0.05, 0.1) is 12.6 Å². The molecular formula is C14H20N2O2. The van der Waals surface area contributed by atoms with Gasteiger partial charge < -0.3 is 15.3 Å². The summed E-state index contributed by atoms with van der Waals surface area (Å²) in [6, 6.07) is 9.49. The number of nitrogens with one attached hydrogen (secondary N) is 1. The molecular weight excluding hydrogens is 228 g/mol. The SMILES string of the molecule is C=CCN(CCO)C(=O)N[C@H](C)c1ccccc1. The van der Waals surface area contributed by atoms with E-state index in [1.54, 1.807) is 6.08 Å². The molecule has 0 fully saturated rings. The van der Waals surface area contributed by atoms with Crippen molar-refractivity contribution in [2.45, 2.75) is 13.0 Å². The Hall–Kier alpha value is -1.81. The van der Waals surface area contributed by atoms with Crippen LogP contribution in [0.4, 0.5) is 4.79 Å². The number of carbonyl (C=O) groups excluding carboxylic acids is 1. The van der Waals surface area contributed by atoms with Gasteiger partial charge in [-0.25, -0.2) is 4.79 Å². The van der Waals surface area contributed by atoms with Crippen LogP contribution in [0.15, 0.2) is 43.0 Å². The van der Waals surface area contributed by atoms with Crippen LogP contribution in [0.2, 0.25) is 0 Å². The van der Waals surface area contributed by atoms with Crippen LogP contribution in [0.5, 0.6) is 0 Å². The Kier molecular flexibility index (Phi) is 5.94. The maximum Gasteiger partial charge on any atom is 0.318 e. The maximum absolute atomic E-state index is 12.0. The molecule has 0 aliphatic rings. The van der Waals surface area contributed by atoms with Gasteiger partial charge in [-0.05, 0) is 12.5 Å². The van der Waals surface area contributed by atoms with Crippen molar-refractivity contribution in [3.8, 4) is 0 Å². The number of hydrogen-bond donors (Lipinski definition) is 2. The van der Waals surface area contributed by atoms with Crippen LogP contribution in [0.1, 0.15) is 18.5 Å². The molecule has 0 radical (unpaired) electrons. The quantitative estimate of drug-likeness (QED) is 0.756. The Balaban J connectivity index is 2.59. The third-order valence-electron chi connectivity index (χ3n) is 2.65. The molecule has 0 bridgehead atoms. The van der Waals surface area contributed by atoms with Crippen molar-refractivity contribution < 1.29 is 9.90 Å². The molecule has 0 heterocycles. The van der Waals surface area contributed by atoms with Gasteiger partial charge in [-0.15, -0.1) is 6.58 Å². The van der Waals surface area contributed by atoms with Gasteiger partial charge in [0, 0.05) is 13.1 Å². The summed E-state index contributed by atoms with van der Waals surface area (Å²) in [5, 5.41) is 11.8. The highest BCUT2D eigenvalue weighted by molar-refractivity contribution is 5.74. The summed E-state index contributed by atoms with van der Waals surface area (Å²) in [5.74, 6) is 0. The standard InChI is InChI=1S/C14H20N2O2/c1-3-9-16(10-11-17)14(18)15-12(2)13-7-5-4-6-8-13/h3-8,12,17H,1,9-11H2,2H3,(H,15,18)/t12-/m1/s1. The average Bonchev–Trinajstić information content (AvgIpc) is 2.39. The summed E-state index contributed by atoms with van der Waals surface area (Å²) in [4.78, 5) is 13.5. The summed E-state index contributed by atoms with van der Waals surface area (Å²) in [6.07, 6.45) is 1.64. The van der Waals surface area contributed by atoms with Gasteiger partial charge in [-0.1, -0.05) is 36.4 Å². The normalized spacial score (nSPS) is 11.7. The summed E-state index contributed by atoms with van der Waals surface area (Å²) in [6.45, 7) is 6.20. The van der Waals surface area contributed by atoms with E-state index >= 15 is 0 Å². The van der Waals surface area contributed by atoms with Gasteiger partial charge in [0.2, 0.25) is 0 Å². The van der Waals surface area contributed by atoms with Gasteiger partial charge in [0.1, 0.15) is 0 Å². The Morgan fingerprint density at radius 1 is 1.50 bits per heavy atom. The summed E-state index contributed by atoms with van der Waals surface area (Å²) in [5.41, 5.74) is 1.05. The zero-order valence-electron chi connectivity index (χ0n) is 10.7. The van der Waals surface area contributed by atoms with Crippen molar-refractivity contribution in [3.63, 3.8) is 0 Å². The highest BCUT2D eigenvalue weighted by Crippen LogP contribution is 2.11. The van der Waals surface area contributed by atoms with Crippen molar-refractivity contribution >= 4 is 6.03 Å². The molecule has 2 N–H and O–H groups in total. The topological polar surface area (TPSA) is 52.6 Å². The van der Waals surface area contributed by atoms with Gasteiger partial charge >= 0.3 is 6.03 Å². The largest absolute Gasteiger partial charge is 0.395 e. The number of amides is 2. The first-order valence-corrected chi connectivity index (χ1v) is 6.01. The van der Waals surface area contributed by atoms with Crippen molar-refractivity contribution in [2.24, 2.45) is 0 Å². The van der Waals surface area contributed by atoms with E-state index in [9.17, 15) is 4.79 Å². The van der Waals surface area contributed by atoms with Crippen molar-refractivity contribution in [3.05, 3.63) is 48.6 Å². The number of carbonyl (C=O) groups is 1. The fourth-order valence-corrected chi connectivity index (χ4v) is 1.65. The third kappa shape index (κ3) is 4.22. The number of hydrogen-bond acceptors (Lipinski definition) is 2. The number of aliphatic hydroxyl groups is 1. The molecule has 18 heavy (non-hydrogen) atoms. The Morgan fingerprint density at radius 2 is 2.17 bits per heavy atom. The monoisotopic (exact) mass is 248 g/mol. The van der Waals surface area contributed by atoms with E-state index in [1.807, 2.05) is 37.3 Å². The van der Waals surface area contributed by atoms with Gasteiger partial charge in [0.25, 0.3) is 0 Å². The summed E-state index contributed by atoms with van der Waals surface area (Å²) in [7, 11) is 0. The van der Waals surface area contributed by atoms with Crippen LogP contribution in [0.3, 0.4) is 0 Å². The smallest absolute Gasteiger partial charge is 0.318 e. The third-order valence-corrected chi connectivity index (χ3v) is 2.65. The molecule has 2 amide bonds. The summed E-state index contributed by atoms with van der Waals surface area (Å²) >= 11 is 0. The Bertz CT molecular complexity index is 379. The number of nitrogens with zero attached hydrogens (tertiary/aromatic N) is 1. The van der Waals surface area contributed by atoms with Gasteiger partial charge in [-0.3, -0.25) is 0 Å². The highest BCUT2D eigenvalue weighted by atomic mass is 16.3. The lowest BCUT2D eigenvalue weighted by Gasteiger charge is -2.23. The van der Waals surface area contributed by atoms with Crippen molar-refractivity contribution in [1.29, 1.82) is 0 Å². The van der Waals surface area contributed by atoms with E-state index in [1.165, 1.54) is 4.90 Å². The molecule has 0 aliphatic carbocycles. The molecule has 0 saturated carbocycles. The van der Waals surface area contributed by atoms with Gasteiger partial charge in [0.15, 0.2) is 0 Å². The molecule has 98 valence electrons. The van der Waals surface area contributed by atoms with E-state index in [4.69, 9.17) is 5.11 Å². The lowest BCUT2D eigenvalue weighted by molar-refractivity contribution is 0.181. The molecule has 1 aromatic carbocycles. The fourth-order valence-electron chi connectivity index (χ4n) is 1.65. The molecule has 0 spiro atoms. The molecule has 1 aromatic rings. The zero-order valence-corrected chi connectivity index (χ0v) is 10.7. The molecule has 4 heteroatoms. The minimum Gasteiger partial charge on any atom is -0.395 e. The second kappa shape index (κ2) is 7.50. The average molecular weight is 248 g/mol. The molecule has 0 saturated heterocycles. The first kappa shape index (κ1) is 14.3. The molecule has 4 nitrogen and oxygen atoms in total. The Morgan fingerprint density at radius 3 is 2.72 bits per heavy atom. The number of aliphatic hydroxyl groups excluding tert-OH is 1. The van der Waals surface area contributed by atoms with E-state index in [2.05, 4.69) is 11.9 Å². The molecule has 1 rings (SSSR count). The minimum absolute atomic E-state index is 0.0546. The predicted molar refractivity (Wildman–Crippen MR) is 72.2 cm³/mol. The van der Waals surface area contributed by atoms with Crippen molar-refractivity contribution in [1.82, 2.24) is 10.2 Å². The number of benzene rings is 1. The van der Waals surface area contributed by atoms with Crippen LogP contribution < -0.4 is 5.32 Å². The van der Waals surface area contributed by atoms with Crippen LogP contribution in [0.25, 0.3) is 0 Å². The number of rotatable bonds is 6. The predicted octanol–water partition coefficient (Wildman–Crippen LogP) is 1.94. The molecule has 1 atom stereocenters. The lowest BCUT2D eigenvalue weighted by atomic mass is 10.1. The first-order chi connectivity index (χ1) is 8.69. The van der Waals surface area contributed by atoms with Crippen LogP contribution in [-0.2, 0) is 0 Å². The minimum atomic E-state index is -0.194. The fraction of sp³-hybridized carbons (Fsp3) is 0.357. The highest BCUT2D eigenvalue weighted by Gasteiger charge is 2.14. The maximum atomic E-state index is 12.0. The van der Waals surface area contributed by atoms with E-state index < -0.39 is 0 Å². The second-order valence-corrected chi connectivity index (χ2v) is 4.04. The van der Waals surface area contributed by atoms with Crippen molar-refractivity contribution in [2.75, 3.05) is 19.7 Å². The lowest BCUT2D eigenvalue weighted by Crippen LogP contribution is -2.42. The zero-order chi connectivity index (χ0) is 13.4.